The number of imidazole rings is 1. The van der Waals surface area contributed by atoms with Gasteiger partial charge in [-0.2, -0.15) is 5.10 Å². The van der Waals surface area contributed by atoms with Crippen LogP contribution in [0.15, 0.2) is 24.8 Å². The second-order valence-electron chi connectivity index (χ2n) is 4.13. The molecule has 2 rings (SSSR count). The smallest absolute Gasteiger partial charge is 0.0948 e. The fourth-order valence-electron chi connectivity index (χ4n) is 1.83. The van der Waals surface area contributed by atoms with Crippen molar-refractivity contribution in [1.82, 2.24) is 24.6 Å². The Bertz CT molecular complexity index is 457. The SMILES string of the molecule is CCCn1cncc1CNCc1ccnn1C. The van der Waals surface area contributed by atoms with Crippen LogP contribution < -0.4 is 5.32 Å². The van der Waals surface area contributed by atoms with E-state index >= 15 is 0 Å². The van der Waals surface area contributed by atoms with E-state index in [2.05, 4.69) is 26.9 Å². The molecule has 17 heavy (non-hydrogen) atoms. The van der Waals surface area contributed by atoms with Gasteiger partial charge in [-0.15, -0.1) is 0 Å². The van der Waals surface area contributed by atoms with Crippen molar-refractivity contribution in [2.45, 2.75) is 33.0 Å². The number of aryl methyl sites for hydroxylation is 2. The molecular weight excluding hydrogens is 214 g/mol. The molecule has 0 aliphatic carbocycles. The number of nitrogens with zero attached hydrogens (tertiary/aromatic N) is 4. The normalized spacial score (nSPS) is 10.9. The fourth-order valence-corrected chi connectivity index (χ4v) is 1.83. The average Bonchev–Trinajstić information content (AvgIpc) is 2.90. The van der Waals surface area contributed by atoms with Crippen LogP contribution >= 0.6 is 0 Å². The lowest BCUT2D eigenvalue weighted by Gasteiger charge is -2.08. The molecule has 5 nitrogen and oxygen atoms in total. The Morgan fingerprint density at radius 1 is 1.29 bits per heavy atom. The van der Waals surface area contributed by atoms with E-state index in [0.717, 1.165) is 26.1 Å². The standard InChI is InChI=1S/C12H19N5/c1-3-6-17-10-14-9-12(17)8-13-7-11-4-5-15-16(11)2/h4-5,9-10,13H,3,6-8H2,1-2H3. The highest BCUT2D eigenvalue weighted by molar-refractivity contribution is 5.01. The molecule has 92 valence electrons. The van der Waals surface area contributed by atoms with Crippen molar-refractivity contribution >= 4 is 0 Å². The highest BCUT2D eigenvalue weighted by Crippen LogP contribution is 2.01. The fraction of sp³-hybridized carbons (Fsp3) is 0.500. The third-order valence-electron chi connectivity index (χ3n) is 2.80. The molecule has 0 unspecified atom stereocenters. The van der Waals surface area contributed by atoms with Crippen LogP contribution in [0.4, 0.5) is 0 Å². The first-order valence-electron chi connectivity index (χ1n) is 5.98. The van der Waals surface area contributed by atoms with Crippen molar-refractivity contribution in [3.63, 3.8) is 0 Å². The van der Waals surface area contributed by atoms with Gasteiger partial charge in [-0.25, -0.2) is 4.98 Å². The summed E-state index contributed by atoms with van der Waals surface area (Å²) in [5.41, 5.74) is 2.42. The number of rotatable bonds is 6. The van der Waals surface area contributed by atoms with Crippen LogP contribution in [0.2, 0.25) is 0 Å². The number of nitrogens with one attached hydrogen (secondary N) is 1. The van der Waals surface area contributed by atoms with Crippen LogP contribution in [0.3, 0.4) is 0 Å². The Hall–Kier alpha value is -1.62. The maximum atomic E-state index is 4.18. The molecule has 0 atom stereocenters. The first-order chi connectivity index (χ1) is 8.31. The quantitative estimate of drug-likeness (QED) is 0.818. The Kier molecular flexibility index (Phi) is 3.93. The van der Waals surface area contributed by atoms with E-state index in [1.807, 2.05) is 36.5 Å². The van der Waals surface area contributed by atoms with E-state index in [1.54, 1.807) is 0 Å². The van der Waals surface area contributed by atoms with Crippen LogP contribution in [0, 0.1) is 0 Å². The predicted octanol–water partition coefficient (Wildman–Crippen LogP) is 1.32. The molecular formula is C12H19N5. The minimum absolute atomic E-state index is 0.827. The van der Waals surface area contributed by atoms with E-state index in [9.17, 15) is 0 Å². The van der Waals surface area contributed by atoms with Gasteiger partial charge in [0, 0.05) is 39.1 Å². The summed E-state index contributed by atoms with van der Waals surface area (Å²) in [6.45, 7) is 4.87. The van der Waals surface area contributed by atoms with E-state index in [4.69, 9.17) is 0 Å². The van der Waals surface area contributed by atoms with Crippen LogP contribution in [-0.4, -0.2) is 19.3 Å². The highest BCUT2D eigenvalue weighted by Gasteiger charge is 2.02. The molecule has 0 amide bonds. The third-order valence-corrected chi connectivity index (χ3v) is 2.80. The molecule has 0 fully saturated rings. The maximum absolute atomic E-state index is 4.18. The molecule has 5 heteroatoms. The lowest BCUT2D eigenvalue weighted by atomic mass is 10.4. The molecule has 1 N–H and O–H groups in total. The summed E-state index contributed by atoms with van der Waals surface area (Å²) in [7, 11) is 1.96. The van der Waals surface area contributed by atoms with Crippen LogP contribution in [-0.2, 0) is 26.7 Å². The Labute approximate surface area is 101 Å². The highest BCUT2D eigenvalue weighted by atomic mass is 15.3. The molecule has 0 aliphatic rings. The molecule has 0 aliphatic heterocycles. The Balaban J connectivity index is 1.86. The summed E-state index contributed by atoms with van der Waals surface area (Å²) in [5, 5.41) is 7.55. The zero-order valence-electron chi connectivity index (χ0n) is 10.4. The molecule has 0 aromatic carbocycles. The predicted molar refractivity (Wildman–Crippen MR) is 66.3 cm³/mol. The van der Waals surface area contributed by atoms with Gasteiger partial charge in [-0.3, -0.25) is 4.68 Å². The zero-order valence-corrected chi connectivity index (χ0v) is 10.4. The number of hydrogen-bond donors (Lipinski definition) is 1. The second-order valence-corrected chi connectivity index (χ2v) is 4.13. The minimum Gasteiger partial charge on any atom is -0.333 e. The molecule has 2 heterocycles. The van der Waals surface area contributed by atoms with Gasteiger partial charge in [0.2, 0.25) is 0 Å². The van der Waals surface area contributed by atoms with E-state index < -0.39 is 0 Å². The Morgan fingerprint density at radius 2 is 2.12 bits per heavy atom. The van der Waals surface area contributed by atoms with Crippen LogP contribution in [0.5, 0.6) is 0 Å². The van der Waals surface area contributed by atoms with Crippen LogP contribution in [0.1, 0.15) is 24.7 Å². The van der Waals surface area contributed by atoms with E-state index in [0.29, 0.717) is 0 Å². The summed E-state index contributed by atoms with van der Waals surface area (Å²) < 4.78 is 4.08. The minimum atomic E-state index is 0.827. The lowest BCUT2D eigenvalue weighted by molar-refractivity contribution is 0.582. The summed E-state index contributed by atoms with van der Waals surface area (Å²) in [4.78, 5) is 4.18. The first-order valence-corrected chi connectivity index (χ1v) is 5.98. The van der Waals surface area contributed by atoms with Crippen molar-refractivity contribution in [2.75, 3.05) is 0 Å². The topological polar surface area (TPSA) is 47.7 Å². The first kappa shape index (κ1) is 11.9. The molecule has 2 aromatic rings. The van der Waals surface area contributed by atoms with Crippen molar-refractivity contribution in [2.24, 2.45) is 7.05 Å². The van der Waals surface area contributed by atoms with Gasteiger partial charge >= 0.3 is 0 Å². The number of hydrogen-bond acceptors (Lipinski definition) is 3. The van der Waals surface area contributed by atoms with Gasteiger partial charge in [0.15, 0.2) is 0 Å². The monoisotopic (exact) mass is 233 g/mol. The van der Waals surface area contributed by atoms with Gasteiger partial charge < -0.3 is 9.88 Å². The molecule has 2 aromatic heterocycles. The van der Waals surface area contributed by atoms with Crippen molar-refractivity contribution in [1.29, 1.82) is 0 Å². The van der Waals surface area contributed by atoms with E-state index in [-0.39, 0.29) is 0 Å². The maximum Gasteiger partial charge on any atom is 0.0948 e. The van der Waals surface area contributed by atoms with Gasteiger partial charge in [0.1, 0.15) is 0 Å². The summed E-state index contributed by atoms with van der Waals surface area (Å²) >= 11 is 0. The van der Waals surface area contributed by atoms with Gasteiger partial charge in [-0.1, -0.05) is 6.92 Å². The van der Waals surface area contributed by atoms with Crippen molar-refractivity contribution in [3.05, 3.63) is 36.2 Å². The molecule has 0 radical (unpaired) electrons. The second kappa shape index (κ2) is 5.63. The van der Waals surface area contributed by atoms with Gasteiger partial charge in [0.25, 0.3) is 0 Å². The average molecular weight is 233 g/mol. The van der Waals surface area contributed by atoms with Gasteiger partial charge in [-0.05, 0) is 12.5 Å². The summed E-state index contributed by atoms with van der Waals surface area (Å²) in [6.07, 6.45) is 6.76. The molecule has 0 spiro atoms. The third kappa shape index (κ3) is 2.94. The number of aromatic nitrogens is 4. The molecule has 0 saturated carbocycles. The van der Waals surface area contributed by atoms with Gasteiger partial charge in [0.05, 0.1) is 17.7 Å². The largest absolute Gasteiger partial charge is 0.333 e. The molecule has 0 saturated heterocycles. The van der Waals surface area contributed by atoms with Crippen molar-refractivity contribution < 1.29 is 0 Å². The van der Waals surface area contributed by atoms with Crippen LogP contribution in [0.25, 0.3) is 0 Å². The molecule has 0 bridgehead atoms. The lowest BCUT2D eigenvalue weighted by Crippen LogP contribution is -2.17. The van der Waals surface area contributed by atoms with E-state index in [1.165, 1.54) is 11.4 Å². The van der Waals surface area contributed by atoms with Crippen molar-refractivity contribution in [3.8, 4) is 0 Å². The Morgan fingerprint density at radius 3 is 2.82 bits per heavy atom. The summed E-state index contributed by atoms with van der Waals surface area (Å²) in [6, 6.07) is 2.02. The zero-order chi connectivity index (χ0) is 12.1. The summed E-state index contributed by atoms with van der Waals surface area (Å²) in [5.74, 6) is 0.